The van der Waals surface area contributed by atoms with Crippen molar-refractivity contribution in [2.45, 2.75) is 25.0 Å². The molecule has 3 aliphatic rings. The molecule has 3 aliphatic heterocycles. The number of morpholine rings is 1. The van der Waals surface area contributed by atoms with E-state index in [1.165, 1.54) is 4.90 Å². The topological polar surface area (TPSA) is 82.6 Å². The van der Waals surface area contributed by atoms with Gasteiger partial charge in [-0.05, 0) is 36.2 Å². The van der Waals surface area contributed by atoms with Crippen LogP contribution in [0.2, 0.25) is 0 Å². The highest BCUT2D eigenvalue weighted by molar-refractivity contribution is 6.19. The standard InChI is InChI=1S/C25H28N4O5/c1-33-20-9-7-19(8-10-20)29-23(30)22-21(28(25(29)32)17-18-5-3-2-4-6-18)11-12-27(22)24(31)26-13-15-34-16-14-26/h2-10,21-22H,11-17H2,1H3/t21-,22+/m1/s1. The lowest BCUT2D eigenvalue weighted by molar-refractivity contribution is -0.124. The molecular formula is C25H28N4O5. The first-order chi connectivity index (χ1) is 16.6. The zero-order valence-corrected chi connectivity index (χ0v) is 19.1. The number of amides is 5. The molecule has 9 heteroatoms. The molecule has 0 spiro atoms. The molecule has 0 bridgehead atoms. The van der Waals surface area contributed by atoms with Crippen LogP contribution < -0.4 is 9.64 Å². The highest BCUT2D eigenvalue weighted by Crippen LogP contribution is 2.35. The third-order valence-corrected chi connectivity index (χ3v) is 6.73. The van der Waals surface area contributed by atoms with Crippen LogP contribution in [-0.2, 0) is 16.1 Å². The van der Waals surface area contributed by atoms with Gasteiger partial charge in [0, 0.05) is 26.2 Å². The first-order valence-corrected chi connectivity index (χ1v) is 11.5. The fourth-order valence-electron chi connectivity index (χ4n) is 4.98. The number of likely N-dealkylation sites (tertiary alicyclic amines) is 1. The second kappa shape index (κ2) is 9.34. The zero-order valence-electron chi connectivity index (χ0n) is 19.1. The molecular weight excluding hydrogens is 436 g/mol. The lowest BCUT2D eigenvalue weighted by Crippen LogP contribution is -2.66. The Hall–Kier alpha value is -3.59. The highest BCUT2D eigenvalue weighted by atomic mass is 16.5. The maximum Gasteiger partial charge on any atom is 0.332 e. The van der Waals surface area contributed by atoms with Crippen molar-refractivity contribution >= 4 is 23.7 Å². The molecule has 0 N–H and O–H groups in total. The van der Waals surface area contributed by atoms with Crippen LogP contribution in [-0.4, -0.2) is 84.7 Å². The molecule has 2 aromatic carbocycles. The summed E-state index contributed by atoms with van der Waals surface area (Å²) in [5.74, 6) is 0.258. The van der Waals surface area contributed by atoms with E-state index in [0.717, 1.165) is 5.56 Å². The van der Waals surface area contributed by atoms with E-state index in [1.54, 1.807) is 46.1 Å². The van der Waals surface area contributed by atoms with E-state index in [2.05, 4.69) is 0 Å². The van der Waals surface area contributed by atoms with Crippen LogP contribution in [0.25, 0.3) is 0 Å². The first-order valence-electron chi connectivity index (χ1n) is 11.5. The Morgan fingerprint density at radius 3 is 2.38 bits per heavy atom. The van der Waals surface area contributed by atoms with Gasteiger partial charge in [0.15, 0.2) is 0 Å². The molecule has 2 aromatic rings. The number of rotatable bonds is 4. The second-order valence-electron chi connectivity index (χ2n) is 8.64. The number of carbonyl (C=O) groups is 3. The van der Waals surface area contributed by atoms with Crippen LogP contribution in [0.1, 0.15) is 12.0 Å². The maximum atomic E-state index is 13.8. The summed E-state index contributed by atoms with van der Waals surface area (Å²) < 4.78 is 10.6. The number of methoxy groups -OCH3 is 1. The molecule has 9 nitrogen and oxygen atoms in total. The Morgan fingerprint density at radius 2 is 1.71 bits per heavy atom. The van der Waals surface area contributed by atoms with Gasteiger partial charge in [-0.3, -0.25) is 4.79 Å². The van der Waals surface area contributed by atoms with Gasteiger partial charge in [-0.2, -0.15) is 0 Å². The lowest BCUT2D eigenvalue weighted by atomic mass is 10.0. The number of urea groups is 2. The number of anilines is 1. The number of carbonyl (C=O) groups excluding carboxylic acids is 3. The van der Waals surface area contributed by atoms with Crippen LogP contribution >= 0.6 is 0 Å². The van der Waals surface area contributed by atoms with Crippen LogP contribution in [0.15, 0.2) is 54.6 Å². The van der Waals surface area contributed by atoms with Gasteiger partial charge in [0.2, 0.25) is 0 Å². The number of ether oxygens (including phenoxy) is 2. The van der Waals surface area contributed by atoms with Gasteiger partial charge in [-0.25, -0.2) is 14.5 Å². The summed E-state index contributed by atoms with van der Waals surface area (Å²) >= 11 is 0. The van der Waals surface area contributed by atoms with E-state index in [4.69, 9.17) is 9.47 Å². The quantitative estimate of drug-likeness (QED) is 0.695. The van der Waals surface area contributed by atoms with E-state index in [9.17, 15) is 14.4 Å². The summed E-state index contributed by atoms with van der Waals surface area (Å²) in [6.45, 7) is 2.74. The van der Waals surface area contributed by atoms with Crippen molar-refractivity contribution in [1.29, 1.82) is 0 Å². The summed E-state index contributed by atoms with van der Waals surface area (Å²) in [4.78, 5) is 47.1. The van der Waals surface area contributed by atoms with Crippen molar-refractivity contribution in [2.75, 3.05) is 44.9 Å². The van der Waals surface area contributed by atoms with E-state index in [-0.39, 0.29) is 24.0 Å². The average molecular weight is 465 g/mol. The summed E-state index contributed by atoms with van der Waals surface area (Å²) in [7, 11) is 1.56. The van der Waals surface area contributed by atoms with Gasteiger partial charge < -0.3 is 24.2 Å². The summed E-state index contributed by atoms with van der Waals surface area (Å²) in [5, 5.41) is 0. The second-order valence-corrected chi connectivity index (χ2v) is 8.64. The molecule has 5 rings (SSSR count). The zero-order chi connectivity index (χ0) is 23.7. The Morgan fingerprint density at radius 1 is 1.00 bits per heavy atom. The van der Waals surface area contributed by atoms with E-state index in [0.29, 0.717) is 57.3 Å². The summed E-state index contributed by atoms with van der Waals surface area (Å²) in [6.07, 6.45) is 0.557. The molecule has 0 radical (unpaired) electrons. The minimum Gasteiger partial charge on any atom is -0.497 e. The number of nitrogens with zero attached hydrogens (tertiary/aromatic N) is 4. The Labute approximate surface area is 198 Å². The van der Waals surface area contributed by atoms with Gasteiger partial charge in [0.05, 0.1) is 32.1 Å². The van der Waals surface area contributed by atoms with Crippen molar-refractivity contribution in [2.24, 2.45) is 0 Å². The molecule has 3 saturated heterocycles. The molecule has 0 aliphatic carbocycles. The predicted octanol–water partition coefficient (Wildman–Crippen LogP) is 2.56. The fourth-order valence-corrected chi connectivity index (χ4v) is 4.98. The number of benzene rings is 2. The molecule has 0 aromatic heterocycles. The van der Waals surface area contributed by atoms with Crippen LogP contribution in [0.4, 0.5) is 15.3 Å². The minimum absolute atomic E-state index is 0.173. The van der Waals surface area contributed by atoms with Gasteiger partial charge in [0.1, 0.15) is 11.8 Å². The Balaban J connectivity index is 1.49. The SMILES string of the molecule is COc1ccc(N2C(=O)[C@@H]3[C@@H](CCN3C(=O)N3CCOCC3)N(Cc3ccccc3)C2=O)cc1. The number of hydrogen-bond donors (Lipinski definition) is 0. The third-order valence-electron chi connectivity index (χ3n) is 6.73. The molecule has 0 unspecified atom stereocenters. The van der Waals surface area contributed by atoms with Gasteiger partial charge >= 0.3 is 12.1 Å². The minimum atomic E-state index is -0.737. The van der Waals surface area contributed by atoms with E-state index >= 15 is 0 Å². The number of hydrogen-bond acceptors (Lipinski definition) is 5. The summed E-state index contributed by atoms with van der Waals surface area (Å²) in [6, 6.07) is 14.9. The molecule has 2 atom stereocenters. The van der Waals surface area contributed by atoms with Gasteiger partial charge in [0.25, 0.3) is 5.91 Å². The maximum absolute atomic E-state index is 13.8. The molecule has 0 saturated carbocycles. The molecule has 5 amide bonds. The number of imide groups is 1. The van der Waals surface area contributed by atoms with Gasteiger partial charge in [-0.15, -0.1) is 0 Å². The molecule has 178 valence electrons. The fraction of sp³-hybridized carbons (Fsp3) is 0.400. The van der Waals surface area contributed by atoms with E-state index < -0.39 is 6.04 Å². The molecule has 3 fully saturated rings. The number of fused-ring (bicyclic) bond motifs is 1. The highest BCUT2D eigenvalue weighted by Gasteiger charge is 2.54. The smallest absolute Gasteiger partial charge is 0.332 e. The van der Waals surface area contributed by atoms with E-state index in [1.807, 2.05) is 30.3 Å². The molecule has 3 heterocycles. The van der Waals surface area contributed by atoms with Crippen molar-refractivity contribution in [3.05, 3.63) is 60.2 Å². The lowest BCUT2D eigenvalue weighted by Gasteiger charge is -2.44. The Bertz CT molecular complexity index is 1050. The van der Waals surface area contributed by atoms with Crippen molar-refractivity contribution < 1.29 is 23.9 Å². The van der Waals surface area contributed by atoms with Crippen LogP contribution in [0, 0.1) is 0 Å². The molecule has 34 heavy (non-hydrogen) atoms. The van der Waals surface area contributed by atoms with Crippen molar-refractivity contribution in [3.8, 4) is 5.75 Å². The average Bonchev–Trinajstić information content (AvgIpc) is 3.33. The van der Waals surface area contributed by atoms with Gasteiger partial charge in [-0.1, -0.05) is 30.3 Å². The Kier molecular flexibility index (Phi) is 6.10. The normalized spacial score (nSPS) is 22.7. The van der Waals surface area contributed by atoms with Crippen LogP contribution in [0.5, 0.6) is 5.75 Å². The van der Waals surface area contributed by atoms with Crippen molar-refractivity contribution in [1.82, 2.24) is 14.7 Å². The van der Waals surface area contributed by atoms with Crippen molar-refractivity contribution in [3.63, 3.8) is 0 Å². The predicted molar refractivity (Wildman–Crippen MR) is 125 cm³/mol. The third kappa shape index (κ3) is 3.96. The summed E-state index contributed by atoms with van der Waals surface area (Å²) in [5.41, 5.74) is 1.43. The largest absolute Gasteiger partial charge is 0.497 e. The van der Waals surface area contributed by atoms with Crippen LogP contribution in [0.3, 0.4) is 0 Å². The first kappa shape index (κ1) is 22.2. The monoisotopic (exact) mass is 464 g/mol.